The molecular formula is C19H17N3O5. The Morgan fingerprint density at radius 3 is 2.37 bits per heavy atom. The lowest BCUT2D eigenvalue weighted by molar-refractivity contribution is -0.154. The zero-order valence-electron chi connectivity index (χ0n) is 14.5. The second-order valence-electron chi connectivity index (χ2n) is 5.87. The molecule has 0 radical (unpaired) electrons. The molecule has 3 rings (SSSR count). The monoisotopic (exact) mass is 367 g/mol. The third-order valence-corrected chi connectivity index (χ3v) is 3.89. The quantitative estimate of drug-likeness (QED) is 0.660. The third kappa shape index (κ3) is 4.12. The Morgan fingerprint density at radius 1 is 1.04 bits per heavy atom. The van der Waals surface area contributed by atoms with E-state index in [1.54, 1.807) is 42.5 Å². The van der Waals surface area contributed by atoms with Crippen LogP contribution in [0, 0.1) is 0 Å². The van der Waals surface area contributed by atoms with Crippen molar-refractivity contribution < 1.29 is 14.3 Å². The van der Waals surface area contributed by atoms with Gasteiger partial charge in [-0.05, 0) is 31.2 Å². The number of para-hydroxylation sites is 1. The summed E-state index contributed by atoms with van der Waals surface area (Å²) in [5.74, 6) is -1.33. The first-order chi connectivity index (χ1) is 13.0. The maximum absolute atomic E-state index is 12.4. The van der Waals surface area contributed by atoms with Crippen LogP contribution in [-0.4, -0.2) is 27.8 Å². The third-order valence-electron chi connectivity index (χ3n) is 3.89. The molecule has 0 spiro atoms. The normalized spacial score (nSPS) is 11.7. The second kappa shape index (κ2) is 7.69. The van der Waals surface area contributed by atoms with Gasteiger partial charge in [0, 0.05) is 5.69 Å². The Hall–Kier alpha value is -3.68. The zero-order chi connectivity index (χ0) is 19.4. The highest BCUT2D eigenvalue weighted by Crippen LogP contribution is 2.07. The minimum Gasteiger partial charge on any atom is -0.451 e. The lowest BCUT2D eigenvalue weighted by atomic mass is 10.2. The summed E-state index contributed by atoms with van der Waals surface area (Å²) < 4.78 is 5.93. The molecule has 3 aromatic rings. The molecule has 1 heterocycles. The summed E-state index contributed by atoms with van der Waals surface area (Å²) in [5, 5.41) is 5.39. The average molecular weight is 367 g/mol. The Kier molecular flexibility index (Phi) is 5.16. The highest BCUT2D eigenvalue weighted by molar-refractivity contribution is 5.95. The van der Waals surface area contributed by atoms with Crippen molar-refractivity contribution in [1.29, 1.82) is 0 Å². The molecule has 0 saturated carbocycles. The highest BCUT2D eigenvalue weighted by Gasteiger charge is 2.19. The molecule has 0 saturated heterocycles. The van der Waals surface area contributed by atoms with Crippen LogP contribution in [0.15, 0.2) is 64.2 Å². The van der Waals surface area contributed by atoms with Crippen molar-refractivity contribution in [2.45, 2.75) is 19.6 Å². The molecule has 0 aliphatic rings. The zero-order valence-corrected chi connectivity index (χ0v) is 14.5. The minimum absolute atomic E-state index is 0.198. The fourth-order valence-electron chi connectivity index (χ4n) is 2.54. The van der Waals surface area contributed by atoms with E-state index < -0.39 is 35.6 Å². The lowest BCUT2D eigenvalue weighted by Gasteiger charge is -2.14. The summed E-state index contributed by atoms with van der Waals surface area (Å²) in [6, 6.07) is 15.0. The number of amides is 1. The van der Waals surface area contributed by atoms with Gasteiger partial charge in [0.1, 0.15) is 6.54 Å². The Balaban J connectivity index is 1.70. The molecule has 27 heavy (non-hydrogen) atoms. The minimum atomic E-state index is -1.07. The van der Waals surface area contributed by atoms with E-state index in [9.17, 15) is 19.2 Å². The van der Waals surface area contributed by atoms with E-state index in [1.165, 1.54) is 19.1 Å². The van der Waals surface area contributed by atoms with Gasteiger partial charge in [-0.15, -0.1) is 0 Å². The van der Waals surface area contributed by atoms with Crippen molar-refractivity contribution in [2.75, 3.05) is 5.32 Å². The number of carbonyl (C=O) groups excluding carboxylic acids is 2. The van der Waals surface area contributed by atoms with Gasteiger partial charge in [-0.25, -0.2) is 4.68 Å². The first kappa shape index (κ1) is 18.1. The largest absolute Gasteiger partial charge is 0.451 e. The molecule has 0 aliphatic carbocycles. The van der Waals surface area contributed by atoms with E-state index in [0.29, 0.717) is 5.69 Å². The average Bonchev–Trinajstić information content (AvgIpc) is 2.66. The first-order valence-electron chi connectivity index (χ1n) is 8.23. The molecule has 8 heteroatoms. The van der Waals surface area contributed by atoms with Crippen LogP contribution >= 0.6 is 0 Å². The highest BCUT2D eigenvalue weighted by atomic mass is 16.5. The number of aromatic amines is 1. The fraction of sp³-hybridized carbons (Fsp3) is 0.158. The molecule has 1 aromatic heterocycles. The summed E-state index contributed by atoms with van der Waals surface area (Å²) >= 11 is 0. The van der Waals surface area contributed by atoms with Crippen molar-refractivity contribution in [3.63, 3.8) is 0 Å². The van der Waals surface area contributed by atoms with Gasteiger partial charge >= 0.3 is 5.97 Å². The number of nitrogens with zero attached hydrogens (tertiary/aromatic N) is 1. The predicted molar refractivity (Wildman–Crippen MR) is 99.5 cm³/mol. The fourth-order valence-corrected chi connectivity index (χ4v) is 2.54. The van der Waals surface area contributed by atoms with Crippen LogP contribution in [0.2, 0.25) is 0 Å². The SMILES string of the molecule is C[C@H](OC(=O)Cn1[nH]c(=O)c2ccccc2c1=O)C(=O)Nc1ccccc1. The van der Waals surface area contributed by atoms with Gasteiger partial charge in [0.15, 0.2) is 6.10 Å². The van der Waals surface area contributed by atoms with Crippen LogP contribution in [0.1, 0.15) is 6.92 Å². The number of esters is 1. The van der Waals surface area contributed by atoms with Crippen molar-refractivity contribution in [1.82, 2.24) is 9.78 Å². The van der Waals surface area contributed by atoms with Crippen LogP contribution in [0.3, 0.4) is 0 Å². The van der Waals surface area contributed by atoms with E-state index in [1.807, 2.05) is 0 Å². The Bertz CT molecular complexity index is 1100. The Morgan fingerprint density at radius 2 is 1.67 bits per heavy atom. The summed E-state index contributed by atoms with van der Waals surface area (Å²) in [5.41, 5.74) is -0.447. The molecule has 1 amide bonds. The molecule has 0 aliphatic heterocycles. The molecule has 138 valence electrons. The summed E-state index contributed by atoms with van der Waals surface area (Å²) in [4.78, 5) is 48.6. The number of H-pyrrole nitrogens is 1. The van der Waals surface area contributed by atoms with Crippen molar-refractivity contribution in [3.8, 4) is 0 Å². The number of hydrogen-bond donors (Lipinski definition) is 2. The van der Waals surface area contributed by atoms with Gasteiger partial charge in [0.05, 0.1) is 10.8 Å². The van der Waals surface area contributed by atoms with Crippen LogP contribution in [0.25, 0.3) is 10.8 Å². The number of fused-ring (bicyclic) bond motifs is 1. The molecule has 0 fully saturated rings. The van der Waals surface area contributed by atoms with Gasteiger partial charge in [-0.3, -0.25) is 24.3 Å². The summed E-state index contributed by atoms with van der Waals surface area (Å²) in [6.45, 7) is 0.907. The number of rotatable bonds is 5. The van der Waals surface area contributed by atoms with E-state index in [4.69, 9.17) is 4.74 Å². The number of anilines is 1. The van der Waals surface area contributed by atoms with Gasteiger partial charge in [-0.1, -0.05) is 30.3 Å². The number of carbonyl (C=O) groups is 2. The molecule has 2 aromatic carbocycles. The summed E-state index contributed by atoms with van der Waals surface area (Å²) in [7, 11) is 0. The number of aromatic nitrogens is 2. The summed E-state index contributed by atoms with van der Waals surface area (Å²) in [6.07, 6.45) is -1.07. The molecule has 1 atom stereocenters. The van der Waals surface area contributed by atoms with Crippen LogP contribution in [0.5, 0.6) is 0 Å². The van der Waals surface area contributed by atoms with Crippen molar-refractivity contribution in [2.24, 2.45) is 0 Å². The molecule has 0 bridgehead atoms. The second-order valence-corrected chi connectivity index (χ2v) is 5.87. The first-order valence-corrected chi connectivity index (χ1v) is 8.23. The van der Waals surface area contributed by atoms with E-state index >= 15 is 0 Å². The maximum Gasteiger partial charge on any atom is 0.328 e. The van der Waals surface area contributed by atoms with Gasteiger partial charge in [0.25, 0.3) is 17.0 Å². The standard InChI is InChI=1S/C19H17N3O5/c1-12(17(24)20-13-7-3-2-4-8-13)27-16(23)11-22-19(26)15-10-6-5-9-14(15)18(25)21-22/h2-10,12H,11H2,1H3,(H,20,24)(H,21,25)/t12-/m0/s1. The number of ether oxygens (including phenoxy) is 1. The van der Waals surface area contributed by atoms with Gasteiger partial charge in [0.2, 0.25) is 0 Å². The lowest BCUT2D eigenvalue weighted by Crippen LogP contribution is -2.35. The van der Waals surface area contributed by atoms with Crippen LogP contribution < -0.4 is 16.4 Å². The van der Waals surface area contributed by atoms with Gasteiger partial charge < -0.3 is 10.1 Å². The topological polar surface area (TPSA) is 110 Å². The Labute approximate surface area is 153 Å². The number of benzene rings is 2. The smallest absolute Gasteiger partial charge is 0.328 e. The molecule has 8 nitrogen and oxygen atoms in total. The van der Waals surface area contributed by atoms with E-state index in [0.717, 1.165) is 4.68 Å². The number of nitrogens with one attached hydrogen (secondary N) is 2. The van der Waals surface area contributed by atoms with E-state index in [-0.39, 0.29) is 10.8 Å². The van der Waals surface area contributed by atoms with Gasteiger partial charge in [-0.2, -0.15) is 0 Å². The molecule has 2 N–H and O–H groups in total. The molecule has 0 unspecified atom stereocenters. The van der Waals surface area contributed by atoms with Crippen molar-refractivity contribution in [3.05, 3.63) is 75.3 Å². The van der Waals surface area contributed by atoms with E-state index in [2.05, 4.69) is 10.4 Å². The van der Waals surface area contributed by atoms with Crippen LogP contribution in [-0.2, 0) is 20.9 Å². The molecular weight excluding hydrogens is 350 g/mol. The van der Waals surface area contributed by atoms with Crippen LogP contribution in [0.4, 0.5) is 5.69 Å². The predicted octanol–water partition coefficient (Wildman–Crippen LogP) is 1.26. The maximum atomic E-state index is 12.4. The number of hydrogen-bond acceptors (Lipinski definition) is 5. The van der Waals surface area contributed by atoms with Crippen molar-refractivity contribution >= 4 is 28.3 Å².